The van der Waals surface area contributed by atoms with E-state index >= 15 is 0 Å². The second-order valence-corrected chi connectivity index (χ2v) is 4.47. The number of hydrogen-bond acceptors (Lipinski definition) is 5. The van der Waals surface area contributed by atoms with Crippen molar-refractivity contribution in [3.05, 3.63) is 12.3 Å². The first-order valence-electron chi connectivity index (χ1n) is 6.33. The molecule has 0 bridgehead atoms. The standard InChI is InChI=1S/C12H18N4O3/c1-19-11(17)8-16-7-5-10(15-16)14-12(18)9-4-2-3-6-13-9/h5,7,9,13H,2-4,6,8H2,1H3,(H,14,15,18). The van der Waals surface area contributed by atoms with Crippen LogP contribution in [0, 0.1) is 0 Å². The highest BCUT2D eigenvalue weighted by atomic mass is 16.5. The molecule has 1 aliphatic heterocycles. The monoisotopic (exact) mass is 266 g/mol. The Kier molecular flexibility index (Phi) is 4.51. The Morgan fingerprint density at radius 1 is 1.58 bits per heavy atom. The van der Waals surface area contributed by atoms with Crippen LogP contribution in [0.4, 0.5) is 5.82 Å². The van der Waals surface area contributed by atoms with Crippen molar-refractivity contribution >= 4 is 17.7 Å². The van der Waals surface area contributed by atoms with Gasteiger partial charge in [0.25, 0.3) is 0 Å². The summed E-state index contributed by atoms with van der Waals surface area (Å²) < 4.78 is 5.97. The quantitative estimate of drug-likeness (QED) is 0.757. The molecule has 1 amide bonds. The summed E-state index contributed by atoms with van der Waals surface area (Å²) in [5, 5.41) is 9.99. The number of nitrogens with one attached hydrogen (secondary N) is 2. The van der Waals surface area contributed by atoms with E-state index in [4.69, 9.17) is 0 Å². The number of piperidine rings is 1. The molecule has 1 atom stereocenters. The van der Waals surface area contributed by atoms with E-state index < -0.39 is 0 Å². The third-order valence-corrected chi connectivity index (χ3v) is 3.04. The van der Waals surface area contributed by atoms with Crippen molar-refractivity contribution < 1.29 is 14.3 Å². The lowest BCUT2D eigenvalue weighted by Crippen LogP contribution is -2.43. The summed E-state index contributed by atoms with van der Waals surface area (Å²) in [6, 6.07) is 1.50. The normalized spacial score (nSPS) is 18.9. The van der Waals surface area contributed by atoms with Gasteiger partial charge in [-0.2, -0.15) is 5.10 Å². The fourth-order valence-corrected chi connectivity index (χ4v) is 2.00. The van der Waals surface area contributed by atoms with Gasteiger partial charge in [0.2, 0.25) is 5.91 Å². The van der Waals surface area contributed by atoms with Crippen LogP contribution in [0.5, 0.6) is 0 Å². The summed E-state index contributed by atoms with van der Waals surface area (Å²) in [4.78, 5) is 23.0. The molecular weight excluding hydrogens is 248 g/mol. The summed E-state index contributed by atoms with van der Waals surface area (Å²) in [6.45, 7) is 0.906. The van der Waals surface area contributed by atoms with Crippen LogP contribution in [0.15, 0.2) is 12.3 Å². The zero-order valence-electron chi connectivity index (χ0n) is 10.9. The minimum atomic E-state index is -0.380. The van der Waals surface area contributed by atoms with Gasteiger partial charge in [-0.3, -0.25) is 14.3 Å². The smallest absolute Gasteiger partial charge is 0.327 e. The van der Waals surface area contributed by atoms with Crippen molar-refractivity contribution in [2.24, 2.45) is 0 Å². The average molecular weight is 266 g/mol. The molecule has 1 unspecified atom stereocenters. The number of aromatic nitrogens is 2. The number of nitrogens with zero attached hydrogens (tertiary/aromatic N) is 2. The van der Waals surface area contributed by atoms with Gasteiger partial charge in [0.05, 0.1) is 13.2 Å². The fourth-order valence-electron chi connectivity index (χ4n) is 2.00. The predicted molar refractivity (Wildman–Crippen MR) is 68.5 cm³/mol. The lowest BCUT2D eigenvalue weighted by atomic mass is 10.0. The number of rotatable bonds is 4. The molecule has 1 aliphatic rings. The number of carbonyl (C=O) groups excluding carboxylic acids is 2. The van der Waals surface area contributed by atoms with E-state index in [2.05, 4.69) is 20.5 Å². The van der Waals surface area contributed by atoms with Gasteiger partial charge < -0.3 is 15.4 Å². The average Bonchev–Trinajstić information content (AvgIpc) is 2.86. The molecule has 1 aromatic rings. The maximum Gasteiger partial charge on any atom is 0.327 e. The molecule has 0 aliphatic carbocycles. The number of carbonyl (C=O) groups is 2. The van der Waals surface area contributed by atoms with Crippen molar-refractivity contribution in [3.8, 4) is 0 Å². The lowest BCUT2D eigenvalue weighted by Gasteiger charge is -2.21. The minimum Gasteiger partial charge on any atom is -0.468 e. The Balaban J connectivity index is 1.88. The van der Waals surface area contributed by atoms with Crippen LogP contribution in [0.2, 0.25) is 0 Å². The molecular formula is C12H18N4O3. The Labute approximate surface area is 111 Å². The van der Waals surface area contributed by atoms with Gasteiger partial charge in [-0.25, -0.2) is 0 Å². The number of methoxy groups -OCH3 is 1. The highest BCUT2D eigenvalue weighted by Crippen LogP contribution is 2.10. The van der Waals surface area contributed by atoms with Gasteiger partial charge >= 0.3 is 5.97 Å². The first kappa shape index (κ1) is 13.5. The maximum atomic E-state index is 11.9. The van der Waals surface area contributed by atoms with Gasteiger partial charge in [-0.15, -0.1) is 0 Å². The molecule has 2 rings (SSSR count). The van der Waals surface area contributed by atoms with E-state index in [9.17, 15) is 9.59 Å². The third kappa shape index (κ3) is 3.78. The van der Waals surface area contributed by atoms with E-state index in [1.165, 1.54) is 11.8 Å². The molecule has 0 aromatic carbocycles. The van der Waals surface area contributed by atoms with E-state index in [0.29, 0.717) is 5.82 Å². The van der Waals surface area contributed by atoms with Crippen molar-refractivity contribution in [2.75, 3.05) is 19.0 Å². The largest absolute Gasteiger partial charge is 0.468 e. The number of anilines is 1. The first-order valence-corrected chi connectivity index (χ1v) is 6.33. The summed E-state index contributed by atoms with van der Waals surface area (Å²) in [7, 11) is 1.32. The predicted octanol–water partition coefficient (Wildman–Crippen LogP) is 0.137. The summed E-state index contributed by atoms with van der Waals surface area (Å²) >= 11 is 0. The number of ether oxygens (including phenoxy) is 1. The van der Waals surface area contributed by atoms with Crippen LogP contribution < -0.4 is 10.6 Å². The Bertz CT molecular complexity index is 452. The number of hydrogen-bond donors (Lipinski definition) is 2. The number of esters is 1. The highest BCUT2D eigenvalue weighted by Gasteiger charge is 2.21. The molecule has 2 heterocycles. The van der Waals surface area contributed by atoms with Gasteiger partial charge in [0.15, 0.2) is 5.82 Å². The second kappa shape index (κ2) is 6.33. The van der Waals surface area contributed by atoms with Crippen LogP contribution in [0.25, 0.3) is 0 Å². The van der Waals surface area contributed by atoms with Crippen LogP contribution in [-0.2, 0) is 20.9 Å². The van der Waals surface area contributed by atoms with Crippen LogP contribution >= 0.6 is 0 Å². The maximum absolute atomic E-state index is 11.9. The van der Waals surface area contributed by atoms with Crippen molar-refractivity contribution in [1.82, 2.24) is 15.1 Å². The topological polar surface area (TPSA) is 85.2 Å². The first-order chi connectivity index (χ1) is 9.19. The second-order valence-electron chi connectivity index (χ2n) is 4.47. The molecule has 7 heteroatoms. The summed E-state index contributed by atoms with van der Waals surface area (Å²) in [5.41, 5.74) is 0. The Morgan fingerprint density at radius 3 is 3.11 bits per heavy atom. The SMILES string of the molecule is COC(=O)Cn1ccc(NC(=O)C2CCCCN2)n1. The van der Waals surface area contributed by atoms with Crippen LogP contribution in [0.1, 0.15) is 19.3 Å². The van der Waals surface area contributed by atoms with Gasteiger partial charge in [-0.1, -0.05) is 6.42 Å². The molecule has 0 radical (unpaired) electrons. The summed E-state index contributed by atoms with van der Waals surface area (Å²) in [5.74, 6) is -0.0146. The van der Waals surface area contributed by atoms with Gasteiger partial charge in [-0.05, 0) is 19.4 Å². The molecule has 2 N–H and O–H groups in total. The van der Waals surface area contributed by atoms with E-state index in [1.807, 2.05) is 0 Å². The van der Waals surface area contributed by atoms with Crippen molar-refractivity contribution in [2.45, 2.75) is 31.8 Å². The Hall–Kier alpha value is -1.89. The third-order valence-electron chi connectivity index (χ3n) is 3.04. The molecule has 104 valence electrons. The van der Waals surface area contributed by atoms with Gasteiger partial charge in [0, 0.05) is 12.3 Å². The summed E-state index contributed by atoms with van der Waals surface area (Å²) in [6.07, 6.45) is 4.63. The van der Waals surface area contributed by atoms with E-state index in [1.54, 1.807) is 12.3 Å². The van der Waals surface area contributed by atoms with Crippen LogP contribution in [-0.4, -0.2) is 41.4 Å². The molecule has 1 fully saturated rings. The van der Waals surface area contributed by atoms with E-state index in [0.717, 1.165) is 25.8 Å². The van der Waals surface area contributed by atoms with Crippen molar-refractivity contribution in [1.29, 1.82) is 0 Å². The minimum absolute atomic E-state index is 0.0358. The zero-order chi connectivity index (χ0) is 13.7. The van der Waals surface area contributed by atoms with Crippen LogP contribution in [0.3, 0.4) is 0 Å². The van der Waals surface area contributed by atoms with E-state index in [-0.39, 0.29) is 24.5 Å². The molecule has 1 aromatic heterocycles. The molecule has 1 saturated heterocycles. The molecule has 0 saturated carbocycles. The highest BCUT2D eigenvalue weighted by molar-refractivity contribution is 5.94. The zero-order valence-corrected chi connectivity index (χ0v) is 10.9. The molecule has 7 nitrogen and oxygen atoms in total. The number of amides is 1. The lowest BCUT2D eigenvalue weighted by molar-refractivity contribution is -0.141. The molecule has 0 spiro atoms. The van der Waals surface area contributed by atoms with Crippen molar-refractivity contribution in [3.63, 3.8) is 0 Å². The Morgan fingerprint density at radius 2 is 2.42 bits per heavy atom. The van der Waals surface area contributed by atoms with Gasteiger partial charge in [0.1, 0.15) is 6.54 Å². The molecule has 19 heavy (non-hydrogen) atoms. The fraction of sp³-hybridized carbons (Fsp3) is 0.583.